The van der Waals surface area contributed by atoms with E-state index >= 15 is 0 Å². The lowest BCUT2D eigenvalue weighted by atomic mass is 9.91. The van der Waals surface area contributed by atoms with E-state index in [9.17, 15) is 23.3 Å². The molecule has 8 nitrogen and oxygen atoms in total. The monoisotopic (exact) mass is 437 g/mol. The van der Waals surface area contributed by atoms with E-state index in [1.807, 2.05) is 11.8 Å². The number of non-ortho nitro benzene ring substituents is 1. The summed E-state index contributed by atoms with van der Waals surface area (Å²) in [5.74, 6) is -0.0162. The number of hydrogen-bond acceptors (Lipinski definition) is 5. The Labute approximate surface area is 178 Å². The fourth-order valence-electron chi connectivity index (χ4n) is 4.68. The quantitative estimate of drug-likeness (QED) is 0.501. The van der Waals surface area contributed by atoms with Gasteiger partial charge in [-0.25, -0.2) is 8.42 Å². The zero-order valence-corrected chi connectivity index (χ0v) is 18.6. The van der Waals surface area contributed by atoms with Crippen molar-refractivity contribution in [3.05, 3.63) is 33.9 Å². The highest BCUT2D eigenvalue weighted by Gasteiger charge is 2.36. The number of benzene rings is 1. The molecule has 3 rings (SSSR count). The molecule has 1 aliphatic carbocycles. The van der Waals surface area contributed by atoms with Crippen LogP contribution in [0.1, 0.15) is 57.4 Å². The molecule has 0 N–H and O–H groups in total. The van der Waals surface area contributed by atoms with Crippen LogP contribution in [0.3, 0.4) is 0 Å². The predicted molar refractivity (Wildman–Crippen MR) is 114 cm³/mol. The molecule has 0 spiro atoms. The lowest BCUT2D eigenvalue weighted by Gasteiger charge is -2.38. The summed E-state index contributed by atoms with van der Waals surface area (Å²) in [5, 5.41) is 11.1. The van der Waals surface area contributed by atoms with E-state index in [4.69, 9.17) is 0 Å². The summed E-state index contributed by atoms with van der Waals surface area (Å²) in [6.07, 6.45) is 6.62. The summed E-state index contributed by atoms with van der Waals surface area (Å²) in [7, 11) is -3.84. The van der Waals surface area contributed by atoms with Gasteiger partial charge in [-0.3, -0.25) is 14.9 Å². The number of piperidine rings is 1. The zero-order valence-electron chi connectivity index (χ0n) is 17.7. The summed E-state index contributed by atoms with van der Waals surface area (Å²) in [6.45, 7) is 4.84. The lowest BCUT2D eigenvalue weighted by Crippen LogP contribution is -2.48. The highest BCUT2D eigenvalue weighted by molar-refractivity contribution is 7.89. The van der Waals surface area contributed by atoms with Crippen LogP contribution in [-0.4, -0.2) is 54.1 Å². The molecule has 1 aromatic carbocycles. The molecule has 1 aromatic rings. The third-order valence-electron chi connectivity index (χ3n) is 6.44. The van der Waals surface area contributed by atoms with E-state index in [0.29, 0.717) is 31.0 Å². The van der Waals surface area contributed by atoms with Crippen molar-refractivity contribution in [3.8, 4) is 0 Å². The molecule has 9 heteroatoms. The van der Waals surface area contributed by atoms with Crippen molar-refractivity contribution in [1.82, 2.24) is 9.21 Å². The van der Waals surface area contributed by atoms with Gasteiger partial charge in [-0.1, -0.05) is 25.3 Å². The van der Waals surface area contributed by atoms with Crippen molar-refractivity contribution in [3.63, 3.8) is 0 Å². The predicted octanol–water partition coefficient (Wildman–Crippen LogP) is 3.49. The molecule has 0 atom stereocenters. The molecule has 1 heterocycles. The van der Waals surface area contributed by atoms with Gasteiger partial charge in [0.15, 0.2) is 0 Å². The van der Waals surface area contributed by atoms with Crippen molar-refractivity contribution in [1.29, 1.82) is 0 Å². The molecule has 0 aromatic heterocycles. The smallest absolute Gasteiger partial charge is 0.270 e. The molecule has 0 bridgehead atoms. The Morgan fingerprint density at radius 3 is 2.37 bits per heavy atom. The second-order valence-corrected chi connectivity index (χ2v) is 10.2. The van der Waals surface area contributed by atoms with Gasteiger partial charge in [0.2, 0.25) is 15.9 Å². The third kappa shape index (κ3) is 4.67. The summed E-state index contributed by atoms with van der Waals surface area (Å²) in [4.78, 5) is 25.6. The summed E-state index contributed by atoms with van der Waals surface area (Å²) in [6, 6.07) is 4.21. The van der Waals surface area contributed by atoms with E-state index in [1.165, 1.54) is 22.9 Å². The molecule has 30 heavy (non-hydrogen) atoms. The molecule has 2 fully saturated rings. The van der Waals surface area contributed by atoms with Gasteiger partial charge in [0, 0.05) is 43.7 Å². The maximum absolute atomic E-state index is 13.1. The molecule has 0 radical (unpaired) electrons. The van der Waals surface area contributed by atoms with Crippen LogP contribution in [0.25, 0.3) is 0 Å². The Bertz CT molecular complexity index is 888. The highest BCUT2D eigenvalue weighted by atomic mass is 32.2. The maximum Gasteiger partial charge on any atom is 0.270 e. The average Bonchev–Trinajstić information content (AvgIpc) is 2.75. The SMILES string of the molecule is CCN(C(=O)C1CCN(S(=O)(=O)c2cc([N+](=O)[O-])ccc2C)CC1)C1CCCCC1. The molecule has 1 amide bonds. The Morgan fingerprint density at radius 2 is 1.80 bits per heavy atom. The first-order valence-electron chi connectivity index (χ1n) is 10.8. The second kappa shape index (κ2) is 9.43. The number of aryl methyl sites for hydroxylation is 1. The number of sulfonamides is 1. The third-order valence-corrected chi connectivity index (χ3v) is 8.48. The zero-order chi connectivity index (χ0) is 21.9. The Kier molecular flexibility index (Phi) is 7.13. The molecular formula is C21H31N3O5S. The first kappa shape index (κ1) is 22.7. The number of nitrogens with zero attached hydrogens (tertiary/aromatic N) is 3. The van der Waals surface area contributed by atoms with Crippen LogP contribution >= 0.6 is 0 Å². The fraction of sp³-hybridized carbons (Fsp3) is 0.667. The highest BCUT2D eigenvalue weighted by Crippen LogP contribution is 2.30. The molecule has 1 saturated heterocycles. The minimum atomic E-state index is -3.84. The van der Waals surface area contributed by atoms with E-state index in [2.05, 4.69) is 0 Å². The van der Waals surface area contributed by atoms with Gasteiger partial charge in [-0.05, 0) is 45.1 Å². The van der Waals surface area contributed by atoms with Gasteiger partial charge < -0.3 is 4.90 Å². The van der Waals surface area contributed by atoms with Crippen LogP contribution in [0.5, 0.6) is 0 Å². The largest absolute Gasteiger partial charge is 0.340 e. The first-order chi connectivity index (χ1) is 14.3. The number of amides is 1. The standard InChI is InChI=1S/C21H31N3O5S/c1-3-23(18-7-5-4-6-8-18)21(25)17-11-13-22(14-12-17)30(28,29)20-15-19(24(26)27)10-9-16(20)2/h9-10,15,17-18H,3-8,11-14H2,1-2H3. The van der Waals surface area contributed by atoms with Gasteiger partial charge in [0.25, 0.3) is 5.69 Å². The Hall–Kier alpha value is -2.00. The Morgan fingerprint density at radius 1 is 1.17 bits per heavy atom. The van der Waals surface area contributed by atoms with Crippen molar-refractivity contribution in [2.45, 2.75) is 69.7 Å². The molecule has 1 aliphatic heterocycles. The van der Waals surface area contributed by atoms with Crippen molar-refractivity contribution in [2.24, 2.45) is 5.92 Å². The van der Waals surface area contributed by atoms with E-state index in [0.717, 1.165) is 31.7 Å². The average molecular weight is 438 g/mol. The fourth-order valence-corrected chi connectivity index (χ4v) is 6.40. The van der Waals surface area contributed by atoms with Gasteiger partial charge in [0.1, 0.15) is 0 Å². The number of carbonyl (C=O) groups is 1. The minimum Gasteiger partial charge on any atom is -0.340 e. The van der Waals surface area contributed by atoms with Crippen LogP contribution in [0.15, 0.2) is 23.1 Å². The molecular weight excluding hydrogens is 406 g/mol. The second-order valence-electron chi connectivity index (χ2n) is 8.30. The topological polar surface area (TPSA) is 101 Å². The van der Waals surface area contributed by atoms with Crippen molar-refractivity contribution < 1.29 is 18.1 Å². The number of hydrogen-bond donors (Lipinski definition) is 0. The van der Waals surface area contributed by atoms with Crippen LogP contribution in [0, 0.1) is 23.0 Å². The summed E-state index contributed by atoms with van der Waals surface area (Å²) >= 11 is 0. The Balaban J connectivity index is 1.69. The van der Waals surface area contributed by atoms with Gasteiger partial charge in [0.05, 0.1) is 9.82 Å². The number of carbonyl (C=O) groups excluding carboxylic acids is 1. The van der Waals surface area contributed by atoms with E-state index in [1.54, 1.807) is 6.92 Å². The summed E-state index contributed by atoms with van der Waals surface area (Å²) < 4.78 is 27.6. The van der Waals surface area contributed by atoms with Gasteiger partial charge in [-0.2, -0.15) is 4.31 Å². The van der Waals surface area contributed by atoms with Crippen molar-refractivity contribution in [2.75, 3.05) is 19.6 Å². The van der Waals surface area contributed by atoms with E-state index < -0.39 is 14.9 Å². The maximum atomic E-state index is 13.1. The van der Waals surface area contributed by atoms with Crippen LogP contribution in [-0.2, 0) is 14.8 Å². The van der Waals surface area contributed by atoms with Crippen LogP contribution in [0.4, 0.5) is 5.69 Å². The first-order valence-corrected chi connectivity index (χ1v) is 12.3. The van der Waals surface area contributed by atoms with E-state index in [-0.39, 0.29) is 35.5 Å². The van der Waals surface area contributed by atoms with Crippen molar-refractivity contribution >= 4 is 21.6 Å². The van der Waals surface area contributed by atoms with Crippen LogP contribution in [0.2, 0.25) is 0 Å². The minimum absolute atomic E-state index is 0.0288. The van der Waals surface area contributed by atoms with Gasteiger partial charge >= 0.3 is 0 Å². The van der Waals surface area contributed by atoms with Gasteiger partial charge in [-0.15, -0.1) is 0 Å². The lowest BCUT2D eigenvalue weighted by molar-refractivity contribution is -0.385. The number of nitro benzene ring substituents is 1. The molecule has 2 aliphatic rings. The molecule has 166 valence electrons. The normalized spacial score (nSPS) is 19.5. The number of rotatable bonds is 6. The molecule has 1 saturated carbocycles. The van der Waals surface area contributed by atoms with Crippen LogP contribution < -0.4 is 0 Å². The summed E-state index contributed by atoms with van der Waals surface area (Å²) in [5.41, 5.74) is 0.239. The number of nitro groups is 1. The molecule has 0 unspecified atom stereocenters.